The van der Waals surface area contributed by atoms with E-state index >= 15 is 0 Å². The van der Waals surface area contributed by atoms with Gasteiger partial charge in [0, 0.05) is 22.8 Å². The lowest BCUT2D eigenvalue weighted by molar-refractivity contribution is -0.141. The molecule has 0 aromatic heterocycles. The molecule has 0 saturated heterocycles. The average Bonchev–Trinajstić information content (AvgIpc) is 2.18. The molecule has 4 aliphatic carbocycles. The predicted molar refractivity (Wildman–Crippen MR) is 50.4 cm³/mol. The van der Waals surface area contributed by atoms with Crippen LogP contribution in [0.25, 0.3) is 10.4 Å². The number of carbonyl (C=O) groups excluding carboxylic acids is 1. The lowest BCUT2D eigenvalue weighted by atomic mass is 9.54. The highest BCUT2D eigenvalue weighted by molar-refractivity contribution is 5.86. The highest BCUT2D eigenvalue weighted by Crippen LogP contribution is 2.52. The molecular weight excluding hydrogens is 178 g/mol. The summed E-state index contributed by atoms with van der Waals surface area (Å²) in [6.07, 6.45) is 4.25. The molecule has 4 rings (SSSR count). The first-order chi connectivity index (χ1) is 6.79. The zero-order valence-corrected chi connectivity index (χ0v) is 7.97. The van der Waals surface area contributed by atoms with Crippen LogP contribution in [0, 0.1) is 23.7 Å². The molecule has 0 aromatic rings. The lowest BCUT2D eigenvalue weighted by Gasteiger charge is -2.51. The van der Waals surface area contributed by atoms with Crippen LogP contribution >= 0.6 is 0 Å². The fourth-order valence-corrected chi connectivity index (χ4v) is 3.84. The third kappa shape index (κ3) is 0.947. The van der Waals surface area contributed by atoms with Gasteiger partial charge in [-0.2, -0.15) is 0 Å². The van der Waals surface area contributed by atoms with E-state index in [1.807, 2.05) is 0 Å². The maximum Gasteiger partial charge on any atom is 0.139 e. The first kappa shape index (κ1) is 8.30. The smallest absolute Gasteiger partial charge is 0.139 e. The van der Waals surface area contributed by atoms with Gasteiger partial charge in [-0.15, -0.1) is 0 Å². The van der Waals surface area contributed by atoms with Crippen LogP contribution in [0.3, 0.4) is 0 Å². The van der Waals surface area contributed by atoms with Gasteiger partial charge in [-0.1, -0.05) is 5.11 Å². The quantitative estimate of drug-likeness (QED) is 0.356. The van der Waals surface area contributed by atoms with E-state index in [4.69, 9.17) is 5.53 Å². The summed E-state index contributed by atoms with van der Waals surface area (Å²) in [7, 11) is 0. The van der Waals surface area contributed by atoms with Gasteiger partial charge in [0.2, 0.25) is 0 Å². The van der Waals surface area contributed by atoms with Crippen LogP contribution in [0.4, 0.5) is 0 Å². The van der Waals surface area contributed by atoms with Gasteiger partial charge in [0.25, 0.3) is 0 Å². The van der Waals surface area contributed by atoms with Crippen molar-refractivity contribution in [1.82, 2.24) is 0 Å². The van der Waals surface area contributed by atoms with E-state index in [1.54, 1.807) is 0 Å². The van der Waals surface area contributed by atoms with Gasteiger partial charge in [0.15, 0.2) is 0 Å². The fraction of sp³-hybridized carbons (Fsp3) is 0.900. The maximum atomic E-state index is 11.9. The molecule has 4 saturated carbocycles. The molecule has 0 aliphatic heterocycles. The van der Waals surface area contributed by atoms with E-state index in [9.17, 15) is 4.79 Å². The van der Waals surface area contributed by atoms with Gasteiger partial charge in [0.05, 0.1) is 0 Å². The number of ketones is 1. The van der Waals surface area contributed by atoms with Gasteiger partial charge in [0.1, 0.15) is 5.78 Å². The molecule has 4 unspecified atom stereocenters. The van der Waals surface area contributed by atoms with Crippen LogP contribution < -0.4 is 0 Å². The minimum Gasteiger partial charge on any atom is -0.299 e. The van der Waals surface area contributed by atoms with Crippen LogP contribution in [-0.4, -0.2) is 11.8 Å². The summed E-state index contributed by atoms with van der Waals surface area (Å²) in [5, 5.41) is 3.83. The Morgan fingerprint density at radius 3 is 2.93 bits per heavy atom. The Balaban J connectivity index is 1.96. The molecule has 4 aliphatic rings. The van der Waals surface area contributed by atoms with Gasteiger partial charge in [-0.25, -0.2) is 0 Å². The van der Waals surface area contributed by atoms with Gasteiger partial charge < -0.3 is 0 Å². The SMILES string of the molecule is [N-]=[N+]=N[C@H]1C2CC3CC(C2)C(=O)C1C3. The second-order valence-electron chi connectivity index (χ2n) is 4.97. The molecule has 4 heteroatoms. The summed E-state index contributed by atoms with van der Waals surface area (Å²) in [4.78, 5) is 14.8. The Hall–Kier alpha value is -1.02. The summed E-state index contributed by atoms with van der Waals surface area (Å²) in [5.74, 6) is 2.01. The van der Waals surface area contributed by atoms with Crippen LogP contribution in [-0.2, 0) is 4.79 Å². The highest BCUT2D eigenvalue weighted by Gasteiger charge is 2.52. The fourth-order valence-electron chi connectivity index (χ4n) is 3.84. The first-order valence-corrected chi connectivity index (χ1v) is 5.37. The standard InChI is InChI=1S/C10H13N3O/c11-13-12-9-6-1-5-2-7(4-6)10(14)8(9)3-5/h5-9H,1-4H2/t5?,6?,7?,8?,9-/m0/s1. The Bertz CT molecular complexity index is 334. The number of carbonyl (C=O) groups is 1. The third-order valence-electron chi connectivity index (χ3n) is 4.28. The van der Waals surface area contributed by atoms with Gasteiger partial charge in [-0.3, -0.25) is 4.79 Å². The molecule has 0 N–H and O–H groups in total. The molecule has 0 radical (unpaired) electrons. The summed E-state index contributed by atoms with van der Waals surface area (Å²) in [6.45, 7) is 0. The van der Waals surface area contributed by atoms with Crippen molar-refractivity contribution in [3.63, 3.8) is 0 Å². The maximum absolute atomic E-state index is 11.9. The molecule has 0 amide bonds. The molecule has 0 spiro atoms. The number of nitrogens with zero attached hydrogens (tertiary/aromatic N) is 3. The molecule has 14 heavy (non-hydrogen) atoms. The number of Topliss-reactive ketones (excluding diaryl/α,β-unsaturated/α-hetero) is 1. The second-order valence-corrected chi connectivity index (χ2v) is 4.97. The second kappa shape index (κ2) is 2.74. The number of hydrogen-bond acceptors (Lipinski definition) is 2. The minimum absolute atomic E-state index is 0.0136. The lowest BCUT2D eigenvalue weighted by Crippen LogP contribution is -2.53. The Morgan fingerprint density at radius 1 is 1.29 bits per heavy atom. The highest BCUT2D eigenvalue weighted by atomic mass is 16.1. The molecule has 0 aromatic carbocycles. The van der Waals surface area contributed by atoms with E-state index in [0.29, 0.717) is 17.6 Å². The minimum atomic E-state index is -0.0136. The monoisotopic (exact) mass is 191 g/mol. The normalized spacial score (nSPS) is 49.1. The molecule has 4 bridgehead atoms. The molecule has 4 fully saturated rings. The third-order valence-corrected chi connectivity index (χ3v) is 4.28. The van der Waals surface area contributed by atoms with E-state index in [2.05, 4.69) is 10.0 Å². The Labute approximate surface area is 82.3 Å². The van der Waals surface area contributed by atoms with Crippen molar-refractivity contribution >= 4 is 5.78 Å². The van der Waals surface area contributed by atoms with E-state index in [0.717, 1.165) is 25.2 Å². The van der Waals surface area contributed by atoms with Gasteiger partial charge in [-0.05, 0) is 43.1 Å². The first-order valence-electron chi connectivity index (χ1n) is 5.37. The zero-order valence-electron chi connectivity index (χ0n) is 7.97. The molecule has 5 atom stereocenters. The van der Waals surface area contributed by atoms with Crippen molar-refractivity contribution < 1.29 is 4.79 Å². The van der Waals surface area contributed by atoms with Crippen molar-refractivity contribution in [2.75, 3.05) is 0 Å². The zero-order chi connectivity index (χ0) is 9.71. The Kier molecular flexibility index (Phi) is 1.62. The number of hydrogen-bond donors (Lipinski definition) is 0. The summed E-state index contributed by atoms with van der Waals surface area (Å²) >= 11 is 0. The summed E-state index contributed by atoms with van der Waals surface area (Å²) < 4.78 is 0. The average molecular weight is 191 g/mol. The summed E-state index contributed by atoms with van der Waals surface area (Å²) in [5.41, 5.74) is 8.48. The van der Waals surface area contributed by atoms with Crippen molar-refractivity contribution in [2.24, 2.45) is 28.8 Å². The number of azide groups is 1. The largest absolute Gasteiger partial charge is 0.299 e. The van der Waals surface area contributed by atoms with E-state index in [-0.39, 0.29) is 12.0 Å². The molecule has 74 valence electrons. The van der Waals surface area contributed by atoms with Crippen LogP contribution in [0.1, 0.15) is 25.7 Å². The predicted octanol–water partition coefficient (Wildman–Crippen LogP) is 2.30. The summed E-state index contributed by atoms with van der Waals surface area (Å²) in [6, 6.07) is -0.0136. The van der Waals surface area contributed by atoms with Crippen molar-refractivity contribution in [3.05, 3.63) is 10.4 Å². The van der Waals surface area contributed by atoms with Crippen LogP contribution in [0.2, 0.25) is 0 Å². The van der Waals surface area contributed by atoms with Gasteiger partial charge >= 0.3 is 0 Å². The van der Waals surface area contributed by atoms with Crippen molar-refractivity contribution in [2.45, 2.75) is 31.7 Å². The van der Waals surface area contributed by atoms with Crippen molar-refractivity contribution in [3.8, 4) is 0 Å². The van der Waals surface area contributed by atoms with Crippen LogP contribution in [0.15, 0.2) is 5.11 Å². The van der Waals surface area contributed by atoms with Crippen molar-refractivity contribution in [1.29, 1.82) is 0 Å². The Morgan fingerprint density at radius 2 is 2.14 bits per heavy atom. The topological polar surface area (TPSA) is 65.8 Å². The van der Waals surface area contributed by atoms with Crippen LogP contribution in [0.5, 0.6) is 0 Å². The molecule has 4 nitrogen and oxygen atoms in total. The van der Waals surface area contributed by atoms with E-state index in [1.165, 1.54) is 6.42 Å². The molecular formula is C10H13N3O. The molecule has 0 heterocycles. The number of rotatable bonds is 1. The van der Waals surface area contributed by atoms with E-state index < -0.39 is 0 Å².